The van der Waals surface area contributed by atoms with Gasteiger partial charge < -0.3 is 15.6 Å². The molecule has 1 aliphatic rings. The maximum Gasteiger partial charge on any atom is 0.0895 e. The van der Waals surface area contributed by atoms with Crippen molar-refractivity contribution in [2.45, 2.75) is 37.8 Å². The van der Waals surface area contributed by atoms with Gasteiger partial charge in [-0.15, -0.1) is 0 Å². The van der Waals surface area contributed by atoms with Crippen molar-refractivity contribution in [2.24, 2.45) is 5.73 Å². The van der Waals surface area contributed by atoms with E-state index in [1.54, 1.807) is 0 Å². The molecule has 1 fully saturated rings. The van der Waals surface area contributed by atoms with E-state index in [0.717, 1.165) is 12.8 Å². The summed E-state index contributed by atoms with van der Waals surface area (Å²) in [5.74, 6) is 0. The molecule has 3 heteroatoms. The van der Waals surface area contributed by atoms with Gasteiger partial charge in [-0.3, -0.25) is 0 Å². The monoisotopic (exact) mass is 159 g/mol. The Hall–Kier alpha value is -0.120. The van der Waals surface area contributed by atoms with Gasteiger partial charge in [0.15, 0.2) is 0 Å². The Morgan fingerprint density at radius 3 is 2.91 bits per heavy atom. The number of aliphatic hydroxyl groups is 1. The van der Waals surface area contributed by atoms with Gasteiger partial charge in [0, 0.05) is 12.6 Å². The number of hydrogen-bond acceptors (Lipinski definition) is 3. The molecule has 2 unspecified atom stereocenters. The zero-order chi connectivity index (χ0) is 8.32. The van der Waals surface area contributed by atoms with Gasteiger partial charge in [0.05, 0.1) is 12.2 Å². The van der Waals surface area contributed by atoms with Crippen molar-refractivity contribution in [1.82, 2.24) is 0 Å². The van der Waals surface area contributed by atoms with Crippen LogP contribution in [-0.2, 0) is 4.74 Å². The Morgan fingerprint density at radius 1 is 1.73 bits per heavy atom. The SMILES string of the molecule is CCOCC1(O)CCC(N)C1. The largest absolute Gasteiger partial charge is 0.387 e. The highest BCUT2D eigenvalue weighted by atomic mass is 16.5. The quantitative estimate of drug-likeness (QED) is 0.621. The van der Waals surface area contributed by atoms with Crippen LogP contribution >= 0.6 is 0 Å². The van der Waals surface area contributed by atoms with Crippen molar-refractivity contribution in [3.8, 4) is 0 Å². The van der Waals surface area contributed by atoms with E-state index < -0.39 is 5.60 Å². The summed E-state index contributed by atoms with van der Waals surface area (Å²) in [4.78, 5) is 0. The first kappa shape index (κ1) is 8.97. The predicted octanol–water partition coefficient (Wildman–Crippen LogP) is 0.265. The highest BCUT2D eigenvalue weighted by Gasteiger charge is 2.35. The van der Waals surface area contributed by atoms with Crippen molar-refractivity contribution in [3.05, 3.63) is 0 Å². The van der Waals surface area contributed by atoms with Crippen LogP contribution in [0.4, 0.5) is 0 Å². The van der Waals surface area contributed by atoms with E-state index in [0.29, 0.717) is 19.6 Å². The highest BCUT2D eigenvalue weighted by Crippen LogP contribution is 2.28. The molecule has 0 spiro atoms. The van der Waals surface area contributed by atoms with Crippen molar-refractivity contribution >= 4 is 0 Å². The Kier molecular flexibility index (Phi) is 2.87. The molecule has 0 heterocycles. The number of hydrogen-bond donors (Lipinski definition) is 2. The number of nitrogens with two attached hydrogens (primary N) is 1. The molecular formula is C8H17NO2. The zero-order valence-corrected chi connectivity index (χ0v) is 7.05. The summed E-state index contributed by atoms with van der Waals surface area (Å²) in [5, 5.41) is 9.79. The molecule has 1 rings (SSSR count). The molecule has 3 nitrogen and oxygen atoms in total. The van der Waals surface area contributed by atoms with Gasteiger partial charge in [-0.2, -0.15) is 0 Å². The molecule has 11 heavy (non-hydrogen) atoms. The van der Waals surface area contributed by atoms with Gasteiger partial charge in [-0.1, -0.05) is 0 Å². The molecule has 2 atom stereocenters. The summed E-state index contributed by atoms with van der Waals surface area (Å²) >= 11 is 0. The summed E-state index contributed by atoms with van der Waals surface area (Å²) in [6.45, 7) is 3.03. The lowest BCUT2D eigenvalue weighted by molar-refractivity contribution is -0.0388. The third kappa shape index (κ3) is 2.43. The predicted molar refractivity (Wildman–Crippen MR) is 43.3 cm³/mol. The standard InChI is InChI=1S/C8H17NO2/c1-2-11-6-8(10)4-3-7(9)5-8/h7,10H,2-6,9H2,1H3. The van der Waals surface area contributed by atoms with E-state index in [-0.39, 0.29) is 6.04 Å². The van der Waals surface area contributed by atoms with Crippen LogP contribution in [0.5, 0.6) is 0 Å². The lowest BCUT2D eigenvalue weighted by Gasteiger charge is -2.21. The van der Waals surface area contributed by atoms with Crippen LogP contribution in [0.15, 0.2) is 0 Å². The molecule has 1 aliphatic carbocycles. The van der Waals surface area contributed by atoms with Crippen LogP contribution in [0, 0.1) is 0 Å². The van der Waals surface area contributed by atoms with E-state index in [1.165, 1.54) is 0 Å². The van der Waals surface area contributed by atoms with E-state index in [9.17, 15) is 5.11 Å². The smallest absolute Gasteiger partial charge is 0.0895 e. The van der Waals surface area contributed by atoms with Crippen LogP contribution in [-0.4, -0.2) is 30.0 Å². The van der Waals surface area contributed by atoms with Crippen molar-refractivity contribution in [3.63, 3.8) is 0 Å². The van der Waals surface area contributed by atoms with Crippen molar-refractivity contribution in [1.29, 1.82) is 0 Å². The van der Waals surface area contributed by atoms with Gasteiger partial charge >= 0.3 is 0 Å². The zero-order valence-electron chi connectivity index (χ0n) is 7.05. The molecule has 0 aromatic rings. The maximum absolute atomic E-state index is 9.79. The average Bonchev–Trinajstić information content (AvgIpc) is 2.28. The molecule has 66 valence electrons. The third-order valence-electron chi connectivity index (χ3n) is 2.20. The fourth-order valence-corrected chi connectivity index (χ4v) is 1.57. The molecule has 0 aromatic heterocycles. The topological polar surface area (TPSA) is 55.5 Å². The minimum Gasteiger partial charge on any atom is -0.387 e. The third-order valence-corrected chi connectivity index (χ3v) is 2.20. The van der Waals surface area contributed by atoms with E-state index in [1.807, 2.05) is 6.92 Å². The normalized spacial score (nSPS) is 37.9. The number of ether oxygens (including phenoxy) is 1. The molecule has 0 aliphatic heterocycles. The first-order chi connectivity index (χ1) is 5.16. The van der Waals surface area contributed by atoms with Gasteiger partial charge in [-0.05, 0) is 26.2 Å². The van der Waals surface area contributed by atoms with E-state index in [2.05, 4.69) is 0 Å². The molecule has 0 radical (unpaired) electrons. The molecular weight excluding hydrogens is 142 g/mol. The number of rotatable bonds is 3. The molecule has 3 N–H and O–H groups in total. The van der Waals surface area contributed by atoms with E-state index in [4.69, 9.17) is 10.5 Å². The van der Waals surface area contributed by atoms with Crippen LogP contribution in [0.25, 0.3) is 0 Å². The summed E-state index contributed by atoms with van der Waals surface area (Å²) in [7, 11) is 0. The molecule has 0 saturated heterocycles. The van der Waals surface area contributed by atoms with Crippen LogP contribution in [0.3, 0.4) is 0 Å². The lowest BCUT2D eigenvalue weighted by Crippen LogP contribution is -2.33. The van der Waals surface area contributed by atoms with Crippen LogP contribution in [0.1, 0.15) is 26.2 Å². The minimum absolute atomic E-state index is 0.167. The van der Waals surface area contributed by atoms with Gasteiger partial charge in [0.25, 0.3) is 0 Å². The fraction of sp³-hybridized carbons (Fsp3) is 1.00. The highest BCUT2D eigenvalue weighted by molar-refractivity contribution is 4.90. The summed E-state index contributed by atoms with van der Waals surface area (Å²) in [5.41, 5.74) is 5.04. The second-order valence-electron chi connectivity index (χ2n) is 3.36. The second-order valence-corrected chi connectivity index (χ2v) is 3.36. The Bertz CT molecular complexity index is 129. The van der Waals surface area contributed by atoms with Gasteiger partial charge in [-0.25, -0.2) is 0 Å². The van der Waals surface area contributed by atoms with Crippen LogP contribution in [0.2, 0.25) is 0 Å². The summed E-state index contributed by atoms with van der Waals surface area (Å²) in [6, 6.07) is 0.167. The minimum atomic E-state index is -0.630. The van der Waals surface area contributed by atoms with Crippen LogP contribution < -0.4 is 5.73 Å². The van der Waals surface area contributed by atoms with Crippen molar-refractivity contribution < 1.29 is 9.84 Å². The second kappa shape index (κ2) is 3.52. The summed E-state index contributed by atoms with van der Waals surface area (Å²) in [6.07, 6.45) is 2.39. The molecule has 0 amide bonds. The Balaban J connectivity index is 2.29. The fourth-order valence-electron chi connectivity index (χ4n) is 1.57. The molecule has 1 saturated carbocycles. The van der Waals surface area contributed by atoms with Gasteiger partial charge in [0.2, 0.25) is 0 Å². The lowest BCUT2D eigenvalue weighted by atomic mass is 10.0. The average molecular weight is 159 g/mol. The maximum atomic E-state index is 9.79. The Labute approximate surface area is 67.5 Å². The van der Waals surface area contributed by atoms with Gasteiger partial charge in [0.1, 0.15) is 0 Å². The first-order valence-corrected chi connectivity index (χ1v) is 4.22. The molecule has 0 bridgehead atoms. The molecule has 0 aromatic carbocycles. The van der Waals surface area contributed by atoms with E-state index >= 15 is 0 Å². The summed E-state index contributed by atoms with van der Waals surface area (Å²) < 4.78 is 5.16. The van der Waals surface area contributed by atoms with Crippen molar-refractivity contribution in [2.75, 3.05) is 13.2 Å². The Morgan fingerprint density at radius 2 is 2.45 bits per heavy atom. The first-order valence-electron chi connectivity index (χ1n) is 4.22.